The standard InChI is InChI=1S/C15H17NO2/c1-16-12-15(17-13-8-4-2-5-9-13)18-14-10-6-3-7-11-14/h2-11,15-16H,12H2,1H3. The average Bonchev–Trinajstić information content (AvgIpc) is 2.41. The molecule has 2 aromatic rings. The molecule has 0 amide bonds. The van der Waals surface area contributed by atoms with Crippen LogP contribution in [0.15, 0.2) is 60.7 Å². The van der Waals surface area contributed by atoms with E-state index in [4.69, 9.17) is 9.47 Å². The molecular weight excluding hydrogens is 226 g/mol. The summed E-state index contributed by atoms with van der Waals surface area (Å²) in [7, 11) is 1.87. The molecule has 0 fully saturated rings. The molecule has 0 aromatic heterocycles. The first-order valence-electron chi connectivity index (χ1n) is 5.96. The van der Waals surface area contributed by atoms with Crippen molar-refractivity contribution >= 4 is 0 Å². The Morgan fingerprint density at radius 3 is 1.67 bits per heavy atom. The summed E-state index contributed by atoms with van der Waals surface area (Å²) in [5.74, 6) is 1.60. The average molecular weight is 243 g/mol. The maximum atomic E-state index is 5.77. The lowest BCUT2D eigenvalue weighted by Gasteiger charge is -2.20. The van der Waals surface area contributed by atoms with E-state index in [2.05, 4.69) is 5.32 Å². The SMILES string of the molecule is CNCC(Oc1ccccc1)Oc1ccccc1. The van der Waals surface area contributed by atoms with E-state index >= 15 is 0 Å². The Morgan fingerprint density at radius 1 is 0.833 bits per heavy atom. The summed E-state index contributed by atoms with van der Waals surface area (Å²) < 4.78 is 11.5. The normalized spacial score (nSPS) is 10.3. The summed E-state index contributed by atoms with van der Waals surface area (Å²) in [4.78, 5) is 0. The highest BCUT2D eigenvalue weighted by Gasteiger charge is 2.10. The van der Waals surface area contributed by atoms with Crippen LogP contribution in [0.1, 0.15) is 0 Å². The van der Waals surface area contributed by atoms with Crippen LogP contribution in [0.25, 0.3) is 0 Å². The summed E-state index contributed by atoms with van der Waals surface area (Å²) in [6, 6.07) is 19.3. The van der Waals surface area contributed by atoms with Crippen molar-refractivity contribution < 1.29 is 9.47 Å². The lowest BCUT2D eigenvalue weighted by atomic mass is 10.3. The Balaban J connectivity index is 2.00. The minimum Gasteiger partial charge on any atom is -0.454 e. The zero-order chi connectivity index (χ0) is 12.6. The number of rotatable bonds is 6. The molecule has 3 heteroatoms. The summed E-state index contributed by atoms with van der Waals surface area (Å²) in [6.07, 6.45) is -0.347. The predicted molar refractivity (Wildman–Crippen MR) is 71.9 cm³/mol. The van der Waals surface area contributed by atoms with Crippen LogP contribution < -0.4 is 14.8 Å². The van der Waals surface area contributed by atoms with E-state index in [1.165, 1.54) is 0 Å². The van der Waals surface area contributed by atoms with Gasteiger partial charge in [-0.2, -0.15) is 0 Å². The molecule has 0 radical (unpaired) electrons. The van der Waals surface area contributed by atoms with E-state index in [1.807, 2.05) is 67.7 Å². The van der Waals surface area contributed by atoms with Gasteiger partial charge in [0.1, 0.15) is 11.5 Å². The van der Waals surface area contributed by atoms with Gasteiger partial charge in [0.2, 0.25) is 0 Å². The number of benzene rings is 2. The smallest absolute Gasteiger partial charge is 0.253 e. The highest BCUT2D eigenvalue weighted by molar-refractivity contribution is 5.23. The lowest BCUT2D eigenvalue weighted by molar-refractivity contribution is 0.00844. The number of likely N-dealkylation sites (N-methyl/N-ethyl adjacent to an activating group) is 1. The fourth-order valence-electron chi connectivity index (χ4n) is 1.58. The molecule has 3 nitrogen and oxygen atoms in total. The van der Waals surface area contributed by atoms with Crippen molar-refractivity contribution in [1.29, 1.82) is 0 Å². The van der Waals surface area contributed by atoms with Crippen LogP contribution in [-0.4, -0.2) is 19.9 Å². The fourth-order valence-corrected chi connectivity index (χ4v) is 1.58. The second kappa shape index (κ2) is 6.67. The third-order valence-corrected chi connectivity index (χ3v) is 2.39. The van der Waals surface area contributed by atoms with Crippen LogP contribution in [0, 0.1) is 0 Å². The van der Waals surface area contributed by atoms with Gasteiger partial charge in [0, 0.05) is 0 Å². The van der Waals surface area contributed by atoms with Crippen molar-refractivity contribution in [2.75, 3.05) is 13.6 Å². The van der Waals surface area contributed by atoms with E-state index < -0.39 is 0 Å². The molecule has 2 aromatic carbocycles. The van der Waals surface area contributed by atoms with Gasteiger partial charge in [0.25, 0.3) is 6.29 Å². The van der Waals surface area contributed by atoms with E-state index in [9.17, 15) is 0 Å². The second-order valence-corrected chi connectivity index (χ2v) is 3.85. The Morgan fingerprint density at radius 2 is 1.28 bits per heavy atom. The lowest BCUT2D eigenvalue weighted by Crippen LogP contribution is -2.34. The molecule has 0 aliphatic heterocycles. The zero-order valence-electron chi connectivity index (χ0n) is 10.4. The van der Waals surface area contributed by atoms with Crippen molar-refractivity contribution in [2.24, 2.45) is 0 Å². The number of hydrogen-bond donors (Lipinski definition) is 1. The molecule has 0 aliphatic rings. The van der Waals surface area contributed by atoms with Gasteiger partial charge in [-0.25, -0.2) is 0 Å². The first kappa shape index (κ1) is 12.5. The van der Waals surface area contributed by atoms with Gasteiger partial charge >= 0.3 is 0 Å². The van der Waals surface area contributed by atoms with Crippen molar-refractivity contribution in [3.8, 4) is 11.5 Å². The van der Waals surface area contributed by atoms with Crippen LogP contribution in [0.2, 0.25) is 0 Å². The Labute approximate surface area is 107 Å². The predicted octanol–water partition coefficient (Wildman–Crippen LogP) is 2.69. The maximum absolute atomic E-state index is 5.77. The largest absolute Gasteiger partial charge is 0.454 e. The molecule has 0 aliphatic carbocycles. The molecule has 0 saturated heterocycles. The van der Waals surface area contributed by atoms with Gasteiger partial charge in [-0.1, -0.05) is 36.4 Å². The summed E-state index contributed by atoms with van der Waals surface area (Å²) in [5.41, 5.74) is 0. The van der Waals surface area contributed by atoms with Gasteiger partial charge in [0.15, 0.2) is 0 Å². The first-order valence-corrected chi connectivity index (χ1v) is 5.96. The van der Waals surface area contributed by atoms with Crippen molar-refractivity contribution in [1.82, 2.24) is 5.32 Å². The molecule has 1 N–H and O–H groups in total. The number of nitrogens with one attached hydrogen (secondary N) is 1. The summed E-state index contributed by atoms with van der Waals surface area (Å²) in [5, 5.41) is 3.06. The highest BCUT2D eigenvalue weighted by atomic mass is 16.7. The number of ether oxygens (including phenoxy) is 2. The van der Waals surface area contributed by atoms with Gasteiger partial charge < -0.3 is 14.8 Å². The number of para-hydroxylation sites is 2. The minimum absolute atomic E-state index is 0.347. The number of hydrogen-bond acceptors (Lipinski definition) is 3. The third-order valence-electron chi connectivity index (χ3n) is 2.39. The molecular formula is C15H17NO2. The molecule has 94 valence electrons. The quantitative estimate of drug-likeness (QED) is 0.791. The molecule has 0 spiro atoms. The molecule has 18 heavy (non-hydrogen) atoms. The van der Waals surface area contributed by atoms with Gasteiger partial charge in [0.05, 0.1) is 6.54 Å². The van der Waals surface area contributed by atoms with Gasteiger partial charge in [-0.3, -0.25) is 0 Å². The molecule has 0 heterocycles. The van der Waals surface area contributed by atoms with Crippen molar-refractivity contribution in [3.63, 3.8) is 0 Å². The first-order chi connectivity index (χ1) is 8.88. The molecule has 0 saturated carbocycles. The van der Waals surface area contributed by atoms with Crippen molar-refractivity contribution in [2.45, 2.75) is 6.29 Å². The molecule has 0 unspecified atom stereocenters. The Kier molecular flexibility index (Phi) is 4.61. The maximum Gasteiger partial charge on any atom is 0.253 e. The van der Waals surface area contributed by atoms with Crippen LogP contribution in [-0.2, 0) is 0 Å². The monoisotopic (exact) mass is 243 g/mol. The Bertz CT molecular complexity index is 403. The zero-order valence-corrected chi connectivity index (χ0v) is 10.4. The van der Waals surface area contributed by atoms with Crippen LogP contribution in [0.4, 0.5) is 0 Å². The van der Waals surface area contributed by atoms with Crippen molar-refractivity contribution in [3.05, 3.63) is 60.7 Å². The van der Waals surface area contributed by atoms with Gasteiger partial charge in [-0.15, -0.1) is 0 Å². The van der Waals surface area contributed by atoms with E-state index in [1.54, 1.807) is 0 Å². The topological polar surface area (TPSA) is 30.5 Å². The molecule has 2 rings (SSSR count). The third kappa shape index (κ3) is 3.79. The van der Waals surface area contributed by atoms with E-state index in [0.29, 0.717) is 6.54 Å². The van der Waals surface area contributed by atoms with Crippen LogP contribution >= 0.6 is 0 Å². The fraction of sp³-hybridized carbons (Fsp3) is 0.200. The van der Waals surface area contributed by atoms with Gasteiger partial charge in [-0.05, 0) is 31.3 Å². The second-order valence-electron chi connectivity index (χ2n) is 3.85. The van der Waals surface area contributed by atoms with Crippen LogP contribution in [0.5, 0.6) is 11.5 Å². The highest BCUT2D eigenvalue weighted by Crippen LogP contribution is 2.15. The van der Waals surface area contributed by atoms with E-state index in [0.717, 1.165) is 11.5 Å². The van der Waals surface area contributed by atoms with Crippen LogP contribution in [0.3, 0.4) is 0 Å². The van der Waals surface area contributed by atoms with E-state index in [-0.39, 0.29) is 6.29 Å². The minimum atomic E-state index is -0.347. The molecule has 0 atom stereocenters. The summed E-state index contributed by atoms with van der Waals surface area (Å²) >= 11 is 0. The Hall–Kier alpha value is -2.00. The summed E-state index contributed by atoms with van der Waals surface area (Å²) in [6.45, 7) is 0.615. The molecule has 0 bridgehead atoms.